The van der Waals surface area contributed by atoms with Crippen molar-refractivity contribution in [2.75, 3.05) is 7.05 Å². The lowest BCUT2D eigenvalue weighted by molar-refractivity contribution is -0.137. The number of hydrogen-bond acceptors (Lipinski definition) is 3. The minimum Gasteiger partial charge on any atom is -0.481 e. The number of aliphatic carboxylic acids is 1. The maximum atomic E-state index is 13.2. The molecule has 1 aliphatic rings. The van der Waals surface area contributed by atoms with E-state index >= 15 is 0 Å². The van der Waals surface area contributed by atoms with E-state index in [1.165, 1.54) is 12.1 Å². The van der Waals surface area contributed by atoms with Gasteiger partial charge >= 0.3 is 5.97 Å². The maximum absolute atomic E-state index is 13.2. The Kier molecular flexibility index (Phi) is 7.70. The lowest BCUT2D eigenvalue weighted by Gasteiger charge is -2.18. The molecule has 0 radical (unpaired) electrons. The number of benzene rings is 2. The number of carbonyl (C=O) groups is 2. The summed E-state index contributed by atoms with van der Waals surface area (Å²) in [4.78, 5) is 30.5. The number of nitrogens with zero attached hydrogens (tertiary/aromatic N) is 2. The average molecular weight is 473 g/mol. The Labute approximate surface area is 204 Å². The zero-order chi connectivity index (χ0) is 24.8. The number of hydrogen-bond donors (Lipinski definition) is 1. The van der Waals surface area contributed by atoms with Crippen LogP contribution in [-0.2, 0) is 17.8 Å². The van der Waals surface area contributed by atoms with Crippen LogP contribution in [0, 0.1) is 5.82 Å². The van der Waals surface area contributed by atoms with Crippen LogP contribution in [0.1, 0.15) is 59.3 Å². The van der Waals surface area contributed by atoms with E-state index in [2.05, 4.69) is 24.3 Å². The number of carboxylic acid groups (broad SMARTS) is 1. The van der Waals surface area contributed by atoms with Gasteiger partial charge in [-0.15, -0.1) is 0 Å². The van der Waals surface area contributed by atoms with Gasteiger partial charge in [-0.25, -0.2) is 9.37 Å². The average Bonchev–Trinajstić information content (AvgIpc) is 2.87. The molecule has 0 saturated heterocycles. The molecule has 2 aromatic carbocycles. The minimum absolute atomic E-state index is 0.124. The molecular formula is C29H29FN2O3. The third-order valence-electron chi connectivity index (χ3n) is 6.18. The predicted octanol–water partition coefficient (Wildman–Crippen LogP) is 6.18. The maximum Gasteiger partial charge on any atom is 0.303 e. The molecule has 180 valence electrons. The Morgan fingerprint density at radius 1 is 1.06 bits per heavy atom. The molecule has 35 heavy (non-hydrogen) atoms. The second-order valence-electron chi connectivity index (χ2n) is 8.93. The number of halogens is 1. The first kappa shape index (κ1) is 24.3. The van der Waals surface area contributed by atoms with Gasteiger partial charge in [0.25, 0.3) is 5.91 Å². The third-order valence-corrected chi connectivity index (χ3v) is 6.18. The van der Waals surface area contributed by atoms with Crippen LogP contribution in [0.15, 0.2) is 66.8 Å². The van der Waals surface area contributed by atoms with Crippen molar-refractivity contribution < 1.29 is 19.1 Å². The summed E-state index contributed by atoms with van der Waals surface area (Å²) in [6, 6.07) is 13.7. The van der Waals surface area contributed by atoms with Crippen LogP contribution < -0.4 is 0 Å². The number of rotatable bonds is 9. The number of aromatic nitrogens is 1. The minimum atomic E-state index is -0.785. The highest BCUT2D eigenvalue weighted by molar-refractivity contribution is 5.98. The Bertz CT molecular complexity index is 1300. The number of pyridine rings is 1. The highest BCUT2D eigenvalue weighted by Crippen LogP contribution is 2.28. The van der Waals surface area contributed by atoms with E-state index in [4.69, 9.17) is 10.1 Å². The summed E-state index contributed by atoms with van der Waals surface area (Å²) in [5, 5.41) is 9.84. The summed E-state index contributed by atoms with van der Waals surface area (Å²) in [7, 11) is 1.73. The number of allylic oxidation sites excluding steroid dienone is 4. The number of fused-ring (bicyclic) bond motifs is 1. The van der Waals surface area contributed by atoms with Crippen molar-refractivity contribution in [3.05, 3.63) is 95.0 Å². The van der Waals surface area contributed by atoms with Gasteiger partial charge in [-0.05, 0) is 85.2 Å². The Morgan fingerprint density at radius 2 is 1.86 bits per heavy atom. The summed E-state index contributed by atoms with van der Waals surface area (Å²) in [6.07, 6.45) is 10.7. The molecule has 0 aliphatic heterocycles. The molecule has 3 aromatic rings. The van der Waals surface area contributed by atoms with Gasteiger partial charge in [-0.3, -0.25) is 9.59 Å². The fourth-order valence-corrected chi connectivity index (χ4v) is 4.33. The lowest BCUT2D eigenvalue weighted by atomic mass is 9.95. The zero-order valence-corrected chi connectivity index (χ0v) is 19.8. The van der Waals surface area contributed by atoms with Gasteiger partial charge in [0.05, 0.1) is 11.2 Å². The van der Waals surface area contributed by atoms with E-state index in [1.54, 1.807) is 30.1 Å². The van der Waals surface area contributed by atoms with E-state index in [0.717, 1.165) is 59.0 Å². The molecule has 0 bridgehead atoms. The van der Waals surface area contributed by atoms with E-state index in [1.807, 2.05) is 12.1 Å². The number of aryl methyl sites for hydroxylation is 1. The molecule has 0 atom stereocenters. The van der Waals surface area contributed by atoms with Crippen molar-refractivity contribution >= 4 is 28.4 Å². The van der Waals surface area contributed by atoms with E-state index in [-0.39, 0.29) is 18.1 Å². The standard InChI is InChI=1S/C29H29FN2O3/c1-32(19-20-11-14-25(30)15-12-20)29(35)23-13-16-26-24(18-23)17-22(9-5-6-10-27(33)34)28(31-26)21-7-3-2-4-8-21/h3,7-8,11-18H,2,4-6,9-10,19H2,1H3,(H,33,34). The van der Waals surface area contributed by atoms with Crippen LogP contribution >= 0.6 is 0 Å². The summed E-state index contributed by atoms with van der Waals surface area (Å²) < 4.78 is 13.2. The van der Waals surface area contributed by atoms with Crippen LogP contribution in [0.25, 0.3) is 16.5 Å². The molecule has 0 fully saturated rings. The smallest absolute Gasteiger partial charge is 0.303 e. The molecule has 1 aliphatic carbocycles. The van der Waals surface area contributed by atoms with Crippen LogP contribution in [0.3, 0.4) is 0 Å². The molecule has 0 saturated carbocycles. The van der Waals surface area contributed by atoms with E-state index in [9.17, 15) is 14.0 Å². The number of unbranched alkanes of at least 4 members (excludes halogenated alkanes) is 1. The monoisotopic (exact) mass is 472 g/mol. The molecule has 5 nitrogen and oxygen atoms in total. The van der Waals surface area contributed by atoms with Crippen LogP contribution in [0.5, 0.6) is 0 Å². The summed E-state index contributed by atoms with van der Waals surface area (Å²) >= 11 is 0. The summed E-state index contributed by atoms with van der Waals surface area (Å²) in [5.74, 6) is -1.21. The SMILES string of the molecule is CN(Cc1ccc(F)cc1)C(=O)c1ccc2nc(C3=CCCC=C3)c(CCCCC(=O)O)cc2c1. The van der Waals surface area contributed by atoms with Crippen molar-refractivity contribution in [1.29, 1.82) is 0 Å². The largest absolute Gasteiger partial charge is 0.481 e. The molecule has 6 heteroatoms. The molecule has 0 spiro atoms. The summed E-state index contributed by atoms with van der Waals surface area (Å²) in [5.41, 5.74) is 5.30. The van der Waals surface area contributed by atoms with Gasteiger partial charge < -0.3 is 10.0 Å². The van der Waals surface area contributed by atoms with E-state index < -0.39 is 5.97 Å². The quantitative estimate of drug-likeness (QED) is 0.378. The lowest BCUT2D eigenvalue weighted by Crippen LogP contribution is -2.26. The zero-order valence-electron chi connectivity index (χ0n) is 19.8. The topological polar surface area (TPSA) is 70.5 Å². The van der Waals surface area contributed by atoms with Crippen molar-refractivity contribution in [3.8, 4) is 0 Å². The Hall–Kier alpha value is -3.80. The van der Waals surface area contributed by atoms with Crippen LogP contribution in [-0.4, -0.2) is 33.9 Å². The molecular weight excluding hydrogens is 443 g/mol. The first-order valence-electron chi connectivity index (χ1n) is 11.9. The number of amides is 1. The van der Waals surface area contributed by atoms with E-state index in [0.29, 0.717) is 18.5 Å². The second kappa shape index (κ2) is 11.1. The molecule has 1 heterocycles. The van der Waals surface area contributed by atoms with Crippen LogP contribution in [0.2, 0.25) is 0 Å². The predicted molar refractivity (Wildman–Crippen MR) is 135 cm³/mol. The normalized spacial score (nSPS) is 13.0. The van der Waals surface area contributed by atoms with Crippen molar-refractivity contribution in [1.82, 2.24) is 9.88 Å². The third kappa shape index (κ3) is 6.21. The fourth-order valence-electron chi connectivity index (χ4n) is 4.33. The molecule has 1 amide bonds. The first-order chi connectivity index (χ1) is 16.9. The van der Waals surface area contributed by atoms with Gasteiger partial charge in [0.1, 0.15) is 5.82 Å². The Balaban J connectivity index is 1.60. The van der Waals surface area contributed by atoms with Gasteiger partial charge in [0.2, 0.25) is 0 Å². The van der Waals surface area contributed by atoms with Gasteiger partial charge in [-0.2, -0.15) is 0 Å². The fraction of sp³-hybridized carbons (Fsp3) is 0.276. The van der Waals surface area contributed by atoms with Crippen LogP contribution in [0.4, 0.5) is 4.39 Å². The first-order valence-corrected chi connectivity index (χ1v) is 11.9. The van der Waals surface area contributed by atoms with Gasteiger partial charge in [0.15, 0.2) is 0 Å². The van der Waals surface area contributed by atoms with Gasteiger partial charge in [0, 0.05) is 31.0 Å². The second-order valence-corrected chi connectivity index (χ2v) is 8.93. The molecule has 4 rings (SSSR count). The molecule has 1 aromatic heterocycles. The van der Waals surface area contributed by atoms with Gasteiger partial charge in [-0.1, -0.05) is 30.4 Å². The number of carbonyl (C=O) groups excluding carboxylic acids is 1. The summed E-state index contributed by atoms with van der Waals surface area (Å²) in [6.45, 7) is 0.379. The highest BCUT2D eigenvalue weighted by atomic mass is 19.1. The van der Waals surface area contributed by atoms with Crippen molar-refractivity contribution in [3.63, 3.8) is 0 Å². The highest BCUT2D eigenvalue weighted by Gasteiger charge is 2.16. The van der Waals surface area contributed by atoms with Crippen molar-refractivity contribution in [2.45, 2.75) is 45.1 Å². The molecule has 1 N–H and O–H groups in total. The van der Waals surface area contributed by atoms with Crippen molar-refractivity contribution in [2.24, 2.45) is 0 Å². The number of carboxylic acids is 1. The Morgan fingerprint density at radius 3 is 2.57 bits per heavy atom. The molecule has 0 unspecified atom stereocenters.